The molecule has 1 amide bonds. The predicted molar refractivity (Wildman–Crippen MR) is 80.2 cm³/mol. The second-order valence-electron chi connectivity index (χ2n) is 5.07. The Kier molecular flexibility index (Phi) is 4.92. The maximum Gasteiger partial charge on any atom is 0.227 e. The largest absolute Gasteiger partial charge is 0.378 e. The van der Waals surface area contributed by atoms with E-state index in [1.165, 1.54) is 5.56 Å². The van der Waals surface area contributed by atoms with Crippen LogP contribution >= 0.6 is 0 Å². The monoisotopic (exact) mass is 288 g/mol. The fourth-order valence-electron chi connectivity index (χ4n) is 1.93. The van der Waals surface area contributed by atoms with Gasteiger partial charge in [-0.25, -0.2) is 0 Å². The van der Waals surface area contributed by atoms with Gasteiger partial charge in [-0.3, -0.25) is 4.79 Å². The van der Waals surface area contributed by atoms with Crippen molar-refractivity contribution >= 4 is 11.6 Å². The van der Waals surface area contributed by atoms with Gasteiger partial charge in [0.25, 0.3) is 0 Å². The van der Waals surface area contributed by atoms with Gasteiger partial charge in [-0.1, -0.05) is 17.3 Å². The zero-order valence-electron chi connectivity index (χ0n) is 12.6. The van der Waals surface area contributed by atoms with Crippen LogP contribution < -0.4 is 10.2 Å². The molecule has 0 atom stereocenters. The van der Waals surface area contributed by atoms with E-state index >= 15 is 0 Å². The van der Waals surface area contributed by atoms with Crippen molar-refractivity contribution in [1.29, 1.82) is 0 Å². The van der Waals surface area contributed by atoms with Gasteiger partial charge in [-0.2, -0.15) is 4.98 Å². The van der Waals surface area contributed by atoms with E-state index < -0.39 is 0 Å². The van der Waals surface area contributed by atoms with Gasteiger partial charge in [-0.15, -0.1) is 0 Å². The molecule has 0 radical (unpaired) electrons. The summed E-state index contributed by atoms with van der Waals surface area (Å²) >= 11 is 0. The molecule has 0 bridgehead atoms. The Bertz CT molecular complexity index is 590. The first kappa shape index (κ1) is 15.0. The lowest BCUT2D eigenvalue weighted by Crippen LogP contribution is -2.27. The summed E-state index contributed by atoms with van der Waals surface area (Å²) in [6, 6.07) is 8.28. The first-order chi connectivity index (χ1) is 10.0. The quantitative estimate of drug-likeness (QED) is 0.868. The maximum atomic E-state index is 11.7. The van der Waals surface area contributed by atoms with E-state index in [0.29, 0.717) is 18.3 Å². The van der Waals surface area contributed by atoms with Crippen molar-refractivity contribution in [2.24, 2.45) is 0 Å². The summed E-state index contributed by atoms with van der Waals surface area (Å²) in [4.78, 5) is 17.8. The van der Waals surface area contributed by atoms with E-state index in [-0.39, 0.29) is 12.3 Å². The summed E-state index contributed by atoms with van der Waals surface area (Å²) in [7, 11) is 4.02. The van der Waals surface area contributed by atoms with Crippen molar-refractivity contribution in [2.75, 3.05) is 25.5 Å². The van der Waals surface area contributed by atoms with Crippen molar-refractivity contribution in [3.63, 3.8) is 0 Å². The van der Waals surface area contributed by atoms with Crippen molar-refractivity contribution < 1.29 is 9.32 Å². The van der Waals surface area contributed by atoms with Gasteiger partial charge in [-0.05, 0) is 24.1 Å². The highest BCUT2D eigenvalue weighted by Gasteiger charge is 2.08. The molecular weight excluding hydrogens is 268 g/mol. The van der Waals surface area contributed by atoms with Crippen LogP contribution in [-0.2, 0) is 17.6 Å². The lowest BCUT2D eigenvalue weighted by molar-refractivity contribution is -0.120. The molecular formula is C15H20N4O2. The summed E-state index contributed by atoms with van der Waals surface area (Å²) in [5, 5.41) is 6.55. The Balaban J connectivity index is 1.74. The van der Waals surface area contributed by atoms with E-state index in [1.807, 2.05) is 14.1 Å². The second-order valence-corrected chi connectivity index (χ2v) is 5.07. The van der Waals surface area contributed by atoms with Gasteiger partial charge in [0.1, 0.15) is 0 Å². The Labute approximate surface area is 124 Å². The molecule has 6 heteroatoms. The van der Waals surface area contributed by atoms with E-state index in [2.05, 4.69) is 44.6 Å². The molecule has 0 spiro atoms. The van der Waals surface area contributed by atoms with Crippen LogP contribution in [0.3, 0.4) is 0 Å². The molecule has 0 saturated heterocycles. The number of hydrogen-bond donors (Lipinski definition) is 1. The van der Waals surface area contributed by atoms with Gasteiger partial charge >= 0.3 is 0 Å². The minimum Gasteiger partial charge on any atom is -0.378 e. The number of carbonyl (C=O) groups is 1. The van der Waals surface area contributed by atoms with Crippen LogP contribution in [0.4, 0.5) is 5.69 Å². The Hall–Kier alpha value is -2.37. The molecule has 1 aromatic carbocycles. The predicted octanol–water partition coefficient (Wildman–Crippen LogP) is 1.35. The molecule has 1 aromatic heterocycles. The standard InChI is InChI=1S/C15H20N4O2/c1-11-17-14(18-21-11)10-15(20)16-9-8-12-4-6-13(7-5-12)19(2)3/h4-7H,8-10H2,1-3H3,(H,16,20). The van der Waals surface area contributed by atoms with E-state index in [9.17, 15) is 4.79 Å². The summed E-state index contributed by atoms with van der Waals surface area (Å²) in [5.41, 5.74) is 2.35. The normalized spacial score (nSPS) is 10.4. The third kappa shape index (κ3) is 4.59. The lowest BCUT2D eigenvalue weighted by Gasteiger charge is -2.12. The van der Waals surface area contributed by atoms with Gasteiger partial charge in [0.15, 0.2) is 5.82 Å². The van der Waals surface area contributed by atoms with Crippen LogP contribution in [0.1, 0.15) is 17.3 Å². The zero-order chi connectivity index (χ0) is 15.2. The van der Waals surface area contributed by atoms with Gasteiger partial charge < -0.3 is 14.7 Å². The number of aromatic nitrogens is 2. The second kappa shape index (κ2) is 6.88. The molecule has 0 aliphatic rings. The molecule has 0 aliphatic heterocycles. The van der Waals surface area contributed by atoms with Crippen molar-refractivity contribution in [1.82, 2.24) is 15.5 Å². The molecule has 1 N–H and O–H groups in total. The van der Waals surface area contributed by atoms with Crippen LogP contribution in [0.5, 0.6) is 0 Å². The van der Waals surface area contributed by atoms with Gasteiger partial charge in [0.05, 0.1) is 6.42 Å². The van der Waals surface area contributed by atoms with Crippen molar-refractivity contribution in [3.8, 4) is 0 Å². The highest BCUT2D eigenvalue weighted by molar-refractivity contribution is 5.77. The fourth-order valence-corrected chi connectivity index (χ4v) is 1.93. The Morgan fingerprint density at radius 3 is 2.57 bits per heavy atom. The maximum absolute atomic E-state index is 11.7. The zero-order valence-corrected chi connectivity index (χ0v) is 12.6. The van der Waals surface area contributed by atoms with Crippen LogP contribution in [0.15, 0.2) is 28.8 Å². The minimum atomic E-state index is -0.0966. The Morgan fingerprint density at radius 1 is 1.29 bits per heavy atom. The third-order valence-corrected chi connectivity index (χ3v) is 3.08. The molecule has 0 saturated carbocycles. The van der Waals surface area contributed by atoms with Crippen LogP contribution in [0, 0.1) is 6.92 Å². The van der Waals surface area contributed by atoms with Crippen LogP contribution in [-0.4, -0.2) is 36.7 Å². The van der Waals surface area contributed by atoms with E-state index in [0.717, 1.165) is 12.1 Å². The number of amides is 1. The topological polar surface area (TPSA) is 71.3 Å². The number of rotatable bonds is 6. The number of anilines is 1. The van der Waals surface area contributed by atoms with Crippen LogP contribution in [0.2, 0.25) is 0 Å². The summed E-state index contributed by atoms with van der Waals surface area (Å²) in [6.07, 6.45) is 0.946. The molecule has 6 nitrogen and oxygen atoms in total. The first-order valence-electron chi connectivity index (χ1n) is 6.87. The highest BCUT2D eigenvalue weighted by Crippen LogP contribution is 2.12. The molecule has 112 valence electrons. The van der Waals surface area contributed by atoms with Crippen molar-refractivity contribution in [2.45, 2.75) is 19.8 Å². The minimum absolute atomic E-state index is 0.0966. The van der Waals surface area contributed by atoms with Gasteiger partial charge in [0.2, 0.25) is 11.8 Å². The number of aryl methyl sites for hydroxylation is 1. The number of nitrogens with one attached hydrogen (secondary N) is 1. The summed E-state index contributed by atoms with van der Waals surface area (Å²) in [5.74, 6) is 0.792. The molecule has 0 fully saturated rings. The Morgan fingerprint density at radius 2 is 2.00 bits per heavy atom. The molecule has 2 aromatic rings. The third-order valence-electron chi connectivity index (χ3n) is 3.08. The average molecular weight is 288 g/mol. The van der Waals surface area contributed by atoms with E-state index in [1.54, 1.807) is 6.92 Å². The van der Waals surface area contributed by atoms with Crippen molar-refractivity contribution in [3.05, 3.63) is 41.5 Å². The number of nitrogens with zero attached hydrogens (tertiary/aromatic N) is 3. The average Bonchev–Trinajstić information content (AvgIpc) is 2.84. The van der Waals surface area contributed by atoms with Gasteiger partial charge in [0, 0.05) is 33.3 Å². The molecule has 2 rings (SSSR count). The first-order valence-corrected chi connectivity index (χ1v) is 6.87. The summed E-state index contributed by atoms with van der Waals surface area (Å²) < 4.78 is 4.82. The SMILES string of the molecule is Cc1nc(CC(=O)NCCc2ccc(N(C)C)cc2)no1. The molecule has 0 aliphatic carbocycles. The molecule has 21 heavy (non-hydrogen) atoms. The van der Waals surface area contributed by atoms with E-state index in [4.69, 9.17) is 4.52 Å². The van der Waals surface area contributed by atoms with Crippen LogP contribution in [0.25, 0.3) is 0 Å². The number of benzene rings is 1. The fraction of sp³-hybridized carbons (Fsp3) is 0.400. The number of carbonyl (C=O) groups excluding carboxylic acids is 1. The molecule has 1 heterocycles. The number of hydrogen-bond acceptors (Lipinski definition) is 5. The molecule has 0 unspecified atom stereocenters. The summed E-state index contributed by atoms with van der Waals surface area (Å²) in [6.45, 7) is 2.29. The smallest absolute Gasteiger partial charge is 0.227 e. The lowest BCUT2D eigenvalue weighted by atomic mass is 10.1. The highest BCUT2D eigenvalue weighted by atomic mass is 16.5.